The van der Waals surface area contributed by atoms with Gasteiger partial charge in [0.1, 0.15) is 0 Å². The normalized spacial score (nSPS) is 0. The molecule has 0 aromatic heterocycles. The summed E-state index contributed by atoms with van der Waals surface area (Å²) in [6.07, 6.45) is 0. The Kier molecular flexibility index (Phi) is 1910. The summed E-state index contributed by atoms with van der Waals surface area (Å²) in [4.78, 5) is 0. The third kappa shape index (κ3) is 41.0. The van der Waals surface area contributed by atoms with Crippen molar-refractivity contribution in [2.45, 2.75) is 22.3 Å². The molecule has 0 aliphatic carbocycles. The fourth-order valence-electron chi connectivity index (χ4n) is 0. The van der Waals surface area contributed by atoms with Crippen molar-refractivity contribution in [3.63, 3.8) is 0 Å². The Balaban J connectivity index is 0. The molecule has 0 saturated carbocycles. The Hall–Kier alpha value is 1.09. The molecule has 0 rings (SSSR count). The number of rotatable bonds is 0. The summed E-state index contributed by atoms with van der Waals surface area (Å²) in [5.41, 5.74) is 0. The summed E-state index contributed by atoms with van der Waals surface area (Å²) in [7, 11) is 0. The SMILES string of the molecule is C.C.C.Cl.[Sn]. The number of halogens is 1. The number of hydrogen-bond acceptors (Lipinski definition) is 0. The van der Waals surface area contributed by atoms with Gasteiger partial charge in [-0.15, -0.1) is 12.4 Å². The summed E-state index contributed by atoms with van der Waals surface area (Å²) in [5.74, 6) is 0. The maximum Gasteiger partial charge on any atom is 0 e. The maximum atomic E-state index is 0. The first-order valence-corrected chi connectivity index (χ1v) is 0. The van der Waals surface area contributed by atoms with Crippen LogP contribution in [0.1, 0.15) is 22.3 Å². The van der Waals surface area contributed by atoms with Gasteiger partial charge in [0, 0.05) is 23.9 Å². The molecule has 36 valence electrons. The van der Waals surface area contributed by atoms with Gasteiger partial charge in [0.25, 0.3) is 0 Å². The van der Waals surface area contributed by atoms with Gasteiger partial charge in [-0.1, -0.05) is 22.3 Å². The van der Waals surface area contributed by atoms with Gasteiger partial charge in [0.2, 0.25) is 0 Å². The first-order chi connectivity index (χ1) is 0. The molecule has 0 aromatic carbocycles. The first-order valence-electron chi connectivity index (χ1n) is 0. The zero-order chi connectivity index (χ0) is 0. The van der Waals surface area contributed by atoms with Crippen LogP contribution in [0.2, 0.25) is 0 Å². The maximum absolute atomic E-state index is 0. The Morgan fingerprint density at radius 3 is 0.600 bits per heavy atom. The summed E-state index contributed by atoms with van der Waals surface area (Å²) in [5, 5.41) is 0. The molecule has 0 amide bonds. The van der Waals surface area contributed by atoms with Crippen LogP contribution in [0.25, 0.3) is 0 Å². The van der Waals surface area contributed by atoms with Crippen molar-refractivity contribution >= 4 is 36.3 Å². The van der Waals surface area contributed by atoms with Crippen molar-refractivity contribution in [1.29, 1.82) is 0 Å². The van der Waals surface area contributed by atoms with E-state index >= 15 is 0 Å². The van der Waals surface area contributed by atoms with Crippen LogP contribution < -0.4 is 0 Å². The molecular weight excluding hydrogens is 190 g/mol. The minimum Gasteiger partial charge on any atom is -0.147 e. The summed E-state index contributed by atoms with van der Waals surface area (Å²) in [6.45, 7) is 0. The molecule has 0 aliphatic rings. The summed E-state index contributed by atoms with van der Waals surface area (Å²) in [6, 6.07) is 0. The summed E-state index contributed by atoms with van der Waals surface area (Å²) < 4.78 is 0. The Morgan fingerprint density at radius 1 is 0.600 bits per heavy atom. The van der Waals surface area contributed by atoms with E-state index in [-0.39, 0.29) is 58.6 Å². The van der Waals surface area contributed by atoms with Crippen molar-refractivity contribution in [3.05, 3.63) is 0 Å². The van der Waals surface area contributed by atoms with E-state index in [0.717, 1.165) is 0 Å². The van der Waals surface area contributed by atoms with E-state index in [1.807, 2.05) is 0 Å². The van der Waals surface area contributed by atoms with Crippen molar-refractivity contribution in [2.75, 3.05) is 0 Å². The molecule has 0 bridgehead atoms. The van der Waals surface area contributed by atoms with Crippen LogP contribution in [0, 0.1) is 0 Å². The van der Waals surface area contributed by atoms with Gasteiger partial charge >= 0.3 is 0 Å². The van der Waals surface area contributed by atoms with E-state index in [9.17, 15) is 0 Å². The molecule has 5 heavy (non-hydrogen) atoms. The van der Waals surface area contributed by atoms with Crippen LogP contribution in [-0.2, 0) is 0 Å². The Morgan fingerprint density at radius 2 is 0.600 bits per heavy atom. The first kappa shape index (κ1) is 133. The van der Waals surface area contributed by atoms with E-state index in [4.69, 9.17) is 0 Å². The van der Waals surface area contributed by atoms with E-state index in [1.165, 1.54) is 0 Å². The molecule has 0 aromatic rings. The quantitative estimate of drug-likeness (QED) is 0.528. The van der Waals surface area contributed by atoms with E-state index in [1.54, 1.807) is 0 Å². The third-order valence-electron chi connectivity index (χ3n) is 0. The van der Waals surface area contributed by atoms with Crippen LogP contribution >= 0.6 is 12.4 Å². The zero-order valence-corrected chi connectivity index (χ0v) is 4.58. The standard InChI is InChI=1S/3CH4.ClH.Sn/h3*1H4;1H;. The molecular formula is C3H13ClSn. The monoisotopic (exact) mass is 204 g/mol. The molecule has 0 N–H and O–H groups in total. The molecule has 0 spiro atoms. The average Bonchev–Trinajstić information content (AvgIpc) is 0. The molecule has 0 saturated heterocycles. The predicted octanol–water partition coefficient (Wildman–Crippen LogP) is 1.95. The van der Waals surface area contributed by atoms with E-state index < -0.39 is 0 Å². The predicted molar refractivity (Wildman–Crippen MR) is 33.2 cm³/mol. The van der Waals surface area contributed by atoms with Gasteiger partial charge in [0.05, 0.1) is 0 Å². The molecule has 0 atom stereocenters. The van der Waals surface area contributed by atoms with Crippen molar-refractivity contribution in [1.82, 2.24) is 0 Å². The molecule has 0 aliphatic heterocycles. The zero-order valence-electron chi connectivity index (χ0n) is 0.908. The summed E-state index contributed by atoms with van der Waals surface area (Å²) >= 11 is 0. The minimum atomic E-state index is 0. The Bertz CT molecular complexity index is 6.85. The van der Waals surface area contributed by atoms with Gasteiger partial charge in [0.15, 0.2) is 0 Å². The van der Waals surface area contributed by atoms with Crippen LogP contribution in [0.5, 0.6) is 0 Å². The fraction of sp³-hybridized carbons (Fsp3) is 1.00. The second kappa shape index (κ2) is 71.8. The van der Waals surface area contributed by atoms with Gasteiger partial charge in [-0.25, -0.2) is 0 Å². The van der Waals surface area contributed by atoms with Crippen LogP contribution in [0.4, 0.5) is 0 Å². The topological polar surface area (TPSA) is 0 Å². The second-order valence-corrected chi connectivity index (χ2v) is 0. The molecule has 0 heterocycles. The molecule has 0 unspecified atom stereocenters. The minimum absolute atomic E-state index is 0. The second-order valence-electron chi connectivity index (χ2n) is 0. The van der Waals surface area contributed by atoms with Crippen molar-refractivity contribution in [2.24, 2.45) is 0 Å². The fourth-order valence-corrected chi connectivity index (χ4v) is 0. The van der Waals surface area contributed by atoms with E-state index in [0.29, 0.717) is 0 Å². The molecule has 2 heteroatoms. The third-order valence-corrected chi connectivity index (χ3v) is 0. The smallest absolute Gasteiger partial charge is 0 e. The van der Waals surface area contributed by atoms with Crippen LogP contribution in [-0.4, -0.2) is 23.9 Å². The van der Waals surface area contributed by atoms with Gasteiger partial charge in [-0.3, -0.25) is 0 Å². The molecule has 0 fully saturated rings. The molecule has 4 radical (unpaired) electrons. The van der Waals surface area contributed by atoms with Crippen LogP contribution in [0.15, 0.2) is 0 Å². The average molecular weight is 203 g/mol. The largest absolute Gasteiger partial charge is 0.147 e. The van der Waals surface area contributed by atoms with E-state index in [2.05, 4.69) is 0 Å². The van der Waals surface area contributed by atoms with Crippen molar-refractivity contribution < 1.29 is 0 Å². The number of hydrogen-bond donors (Lipinski definition) is 0. The Labute approximate surface area is 58.7 Å². The van der Waals surface area contributed by atoms with Gasteiger partial charge in [-0.05, 0) is 0 Å². The van der Waals surface area contributed by atoms with Crippen molar-refractivity contribution in [3.8, 4) is 0 Å². The molecule has 0 nitrogen and oxygen atoms in total. The van der Waals surface area contributed by atoms with Crippen LogP contribution in [0.3, 0.4) is 0 Å². The van der Waals surface area contributed by atoms with Gasteiger partial charge in [-0.2, -0.15) is 0 Å². The van der Waals surface area contributed by atoms with Gasteiger partial charge < -0.3 is 0 Å².